The van der Waals surface area contributed by atoms with Gasteiger partial charge in [-0.3, -0.25) is 4.79 Å². The predicted octanol–water partition coefficient (Wildman–Crippen LogP) is 0.542. The van der Waals surface area contributed by atoms with E-state index in [4.69, 9.17) is 15.7 Å². The molecule has 6 nitrogen and oxygen atoms in total. The second kappa shape index (κ2) is 5.56. The van der Waals surface area contributed by atoms with Crippen LogP contribution in [0.4, 0.5) is 0 Å². The molecular weight excluding hydrogens is 234 g/mol. The maximum atomic E-state index is 12.7. The lowest BCUT2D eigenvalue weighted by Gasteiger charge is -2.32. The topological polar surface area (TPSA) is 88.2 Å². The standard InChI is InChI=1S/C12H21N3O3/c13-10(14-17)12(4-1-2-5-12)11(16)15-6-3-8-18-9-7-15/h17H,1-9H2,(H2,13,14). The fourth-order valence-electron chi connectivity index (χ4n) is 2.91. The molecule has 0 bridgehead atoms. The molecule has 1 saturated heterocycles. The quantitative estimate of drug-likeness (QED) is 0.326. The Bertz CT molecular complexity index is 329. The molecule has 0 aromatic heterocycles. The third kappa shape index (κ3) is 2.29. The minimum atomic E-state index is -0.779. The van der Waals surface area contributed by atoms with E-state index in [0.717, 1.165) is 19.3 Å². The van der Waals surface area contributed by atoms with Crippen molar-refractivity contribution in [1.82, 2.24) is 4.90 Å². The molecule has 2 rings (SSSR count). The van der Waals surface area contributed by atoms with Crippen LogP contribution < -0.4 is 5.73 Å². The fraction of sp³-hybridized carbons (Fsp3) is 0.833. The molecule has 0 radical (unpaired) electrons. The molecule has 1 aliphatic carbocycles. The lowest BCUT2D eigenvalue weighted by Crippen LogP contribution is -2.50. The zero-order valence-electron chi connectivity index (χ0n) is 10.6. The Morgan fingerprint density at radius 3 is 2.61 bits per heavy atom. The van der Waals surface area contributed by atoms with Gasteiger partial charge in [-0.25, -0.2) is 0 Å². The van der Waals surface area contributed by atoms with E-state index in [1.165, 1.54) is 0 Å². The van der Waals surface area contributed by atoms with Crippen molar-refractivity contribution in [3.05, 3.63) is 0 Å². The van der Waals surface area contributed by atoms with Crippen molar-refractivity contribution in [2.75, 3.05) is 26.3 Å². The SMILES string of the molecule is NC(=NO)C1(C(=O)N2CCCOCC2)CCCC1. The first-order chi connectivity index (χ1) is 8.70. The first kappa shape index (κ1) is 13.1. The minimum absolute atomic E-state index is 0.000741. The molecule has 6 heteroatoms. The Labute approximate surface area is 107 Å². The molecule has 0 spiro atoms. The number of rotatable bonds is 2. The third-order valence-electron chi connectivity index (χ3n) is 3.97. The second-order valence-corrected chi connectivity index (χ2v) is 5.03. The largest absolute Gasteiger partial charge is 0.409 e. The summed E-state index contributed by atoms with van der Waals surface area (Å²) in [5, 5.41) is 12.0. The summed E-state index contributed by atoms with van der Waals surface area (Å²) in [4.78, 5) is 14.5. The lowest BCUT2D eigenvalue weighted by molar-refractivity contribution is -0.138. The molecule has 18 heavy (non-hydrogen) atoms. The van der Waals surface area contributed by atoms with Crippen LogP contribution >= 0.6 is 0 Å². The summed E-state index contributed by atoms with van der Waals surface area (Å²) in [5.74, 6) is 0.0657. The smallest absolute Gasteiger partial charge is 0.236 e. The number of oxime groups is 1. The van der Waals surface area contributed by atoms with Gasteiger partial charge in [0, 0.05) is 19.7 Å². The molecule has 1 heterocycles. The number of nitrogens with zero attached hydrogens (tertiary/aromatic N) is 2. The second-order valence-electron chi connectivity index (χ2n) is 5.03. The van der Waals surface area contributed by atoms with E-state index in [-0.39, 0.29) is 11.7 Å². The number of carbonyl (C=O) groups excluding carboxylic acids is 1. The molecule has 102 valence electrons. The van der Waals surface area contributed by atoms with Crippen molar-refractivity contribution in [3.8, 4) is 0 Å². The molecule has 2 aliphatic rings. The van der Waals surface area contributed by atoms with E-state index in [1.807, 2.05) is 0 Å². The molecule has 0 atom stereocenters. The van der Waals surface area contributed by atoms with Gasteiger partial charge in [-0.1, -0.05) is 18.0 Å². The van der Waals surface area contributed by atoms with Gasteiger partial charge in [0.15, 0.2) is 5.84 Å². The van der Waals surface area contributed by atoms with Gasteiger partial charge < -0.3 is 20.6 Å². The van der Waals surface area contributed by atoms with Crippen LogP contribution in [0, 0.1) is 5.41 Å². The van der Waals surface area contributed by atoms with Crippen molar-refractivity contribution < 1.29 is 14.7 Å². The van der Waals surface area contributed by atoms with Crippen LogP contribution in [-0.4, -0.2) is 48.2 Å². The number of nitrogens with two attached hydrogens (primary N) is 1. The molecule has 0 aromatic carbocycles. The summed E-state index contributed by atoms with van der Waals surface area (Å²) in [6.45, 7) is 2.55. The first-order valence-corrected chi connectivity index (χ1v) is 6.56. The van der Waals surface area contributed by atoms with Gasteiger partial charge in [-0.05, 0) is 19.3 Å². The predicted molar refractivity (Wildman–Crippen MR) is 66.3 cm³/mol. The molecule has 1 saturated carbocycles. The van der Waals surface area contributed by atoms with Gasteiger partial charge in [0.2, 0.25) is 5.91 Å². The van der Waals surface area contributed by atoms with Gasteiger partial charge in [0.25, 0.3) is 0 Å². The lowest BCUT2D eigenvalue weighted by atomic mass is 9.83. The highest BCUT2D eigenvalue weighted by atomic mass is 16.5. The van der Waals surface area contributed by atoms with Crippen LogP contribution in [-0.2, 0) is 9.53 Å². The number of hydrogen-bond donors (Lipinski definition) is 2. The van der Waals surface area contributed by atoms with Crippen LogP contribution in [0.5, 0.6) is 0 Å². The number of ether oxygens (including phenoxy) is 1. The highest BCUT2D eigenvalue weighted by Gasteiger charge is 2.47. The molecular formula is C12H21N3O3. The van der Waals surface area contributed by atoms with E-state index in [9.17, 15) is 4.79 Å². The zero-order valence-corrected chi connectivity index (χ0v) is 10.6. The summed E-state index contributed by atoms with van der Waals surface area (Å²) < 4.78 is 5.35. The molecule has 1 aliphatic heterocycles. The van der Waals surface area contributed by atoms with Gasteiger partial charge >= 0.3 is 0 Å². The number of amides is 1. The van der Waals surface area contributed by atoms with E-state index < -0.39 is 5.41 Å². The van der Waals surface area contributed by atoms with Crippen molar-refractivity contribution in [2.24, 2.45) is 16.3 Å². The third-order valence-corrected chi connectivity index (χ3v) is 3.97. The summed E-state index contributed by atoms with van der Waals surface area (Å²) in [6, 6.07) is 0. The van der Waals surface area contributed by atoms with Crippen molar-refractivity contribution in [2.45, 2.75) is 32.1 Å². The summed E-state index contributed by atoms with van der Waals surface area (Å²) in [5.41, 5.74) is 5.00. The molecule has 0 unspecified atom stereocenters. The van der Waals surface area contributed by atoms with Gasteiger partial charge in [0.1, 0.15) is 5.41 Å². The molecule has 2 fully saturated rings. The van der Waals surface area contributed by atoms with Crippen molar-refractivity contribution in [3.63, 3.8) is 0 Å². The zero-order chi connectivity index (χ0) is 13.0. The normalized spacial score (nSPS) is 24.9. The Morgan fingerprint density at radius 1 is 1.22 bits per heavy atom. The van der Waals surface area contributed by atoms with E-state index in [2.05, 4.69) is 5.16 Å². The Hall–Kier alpha value is -1.30. The Balaban J connectivity index is 2.17. The maximum Gasteiger partial charge on any atom is 0.236 e. The first-order valence-electron chi connectivity index (χ1n) is 6.56. The van der Waals surface area contributed by atoms with Crippen LogP contribution in [0.25, 0.3) is 0 Å². The van der Waals surface area contributed by atoms with Crippen LogP contribution in [0.2, 0.25) is 0 Å². The molecule has 1 amide bonds. The maximum absolute atomic E-state index is 12.7. The van der Waals surface area contributed by atoms with Gasteiger partial charge in [-0.15, -0.1) is 0 Å². The number of amidine groups is 1. The summed E-state index contributed by atoms with van der Waals surface area (Å²) in [6.07, 6.45) is 4.11. The summed E-state index contributed by atoms with van der Waals surface area (Å²) >= 11 is 0. The van der Waals surface area contributed by atoms with Crippen molar-refractivity contribution in [1.29, 1.82) is 0 Å². The highest BCUT2D eigenvalue weighted by Crippen LogP contribution is 2.40. The minimum Gasteiger partial charge on any atom is -0.409 e. The van der Waals surface area contributed by atoms with Crippen LogP contribution in [0.1, 0.15) is 32.1 Å². The van der Waals surface area contributed by atoms with E-state index in [1.54, 1.807) is 4.90 Å². The van der Waals surface area contributed by atoms with Crippen LogP contribution in [0.3, 0.4) is 0 Å². The van der Waals surface area contributed by atoms with Gasteiger partial charge in [-0.2, -0.15) is 0 Å². The monoisotopic (exact) mass is 255 g/mol. The molecule has 3 N–H and O–H groups in total. The fourth-order valence-corrected chi connectivity index (χ4v) is 2.91. The van der Waals surface area contributed by atoms with Crippen molar-refractivity contribution >= 4 is 11.7 Å². The highest BCUT2D eigenvalue weighted by molar-refractivity contribution is 6.07. The number of carbonyl (C=O) groups is 1. The number of hydrogen-bond acceptors (Lipinski definition) is 4. The molecule has 0 aromatic rings. The summed E-state index contributed by atoms with van der Waals surface area (Å²) in [7, 11) is 0. The van der Waals surface area contributed by atoms with Gasteiger partial charge in [0.05, 0.1) is 6.61 Å². The Kier molecular flexibility index (Phi) is 4.06. The van der Waals surface area contributed by atoms with Crippen LogP contribution in [0.15, 0.2) is 5.16 Å². The Morgan fingerprint density at radius 2 is 1.94 bits per heavy atom. The van der Waals surface area contributed by atoms with E-state index in [0.29, 0.717) is 39.1 Å². The van der Waals surface area contributed by atoms with E-state index >= 15 is 0 Å². The average molecular weight is 255 g/mol. The average Bonchev–Trinajstić information content (AvgIpc) is 2.74.